The third-order valence-electron chi connectivity index (χ3n) is 3.04. The number of hydrogen-bond acceptors (Lipinski definition) is 3. The second kappa shape index (κ2) is 7.11. The highest BCUT2D eigenvalue weighted by molar-refractivity contribution is 5.78. The molecule has 2 N–H and O–H groups in total. The van der Waals surface area contributed by atoms with Gasteiger partial charge in [0.05, 0.1) is 12.1 Å². The lowest BCUT2D eigenvalue weighted by molar-refractivity contribution is -0.121. The fourth-order valence-electron chi connectivity index (χ4n) is 1.82. The zero-order valence-corrected chi connectivity index (χ0v) is 11.3. The molecule has 1 heterocycles. The van der Waals surface area contributed by atoms with Crippen molar-refractivity contribution in [1.82, 2.24) is 10.3 Å². The van der Waals surface area contributed by atoms with Crippen LogP contribution in [0.4, 0.5) is 0 Å². The number of rotatable bonds is 6. The first-order valence-electron chi connectivity index (χ1n) is 6.35. The van der Waals surface area contributed by atoms with Gasteiger partial charge < -0.3 is 10.4 Å². The molecule has 1 rings (SSSR count). The van der Waals surface area contributed by atoms with Gasteiger partial charge in [-0.15, -0.1) is 0 Å². The third-order valence-corrected chi connectivity index (χ3v) is 3.04. The van der Waals surface area contributed by atoms with E-state index in [1.54, 1.807) is 6.20 Å². The Balaban J connectivity index is 2.58. The minimum atomic E-state index is -0.0380. The topological polar surface area (TPSA) is 62.2 Å². The Morgan fingerprint density at radius 3 is 2.78 bits per heavy atom. The van der Waals surface area contributed by atoms with Crippen LogP contribution in [0.25, 0.3) is 0 Å². The van der Waals surface area contributed by atoms with Crippen molar-refractivity contribution in [3.63, 3.8) is 0 Å². The molecule has 18 heavy (non-hydrogen) atoms. The Kier molecular flexibility index (Phi) is 5.78. The summed E-state index contributed by atoms with van der Waals surface area (Å²) in [5, 5.41) is 11.9. The first-order chi connectivity index (χ1) is 8.54. The second-order valence-corrected chi connectivity index (χ2v) is 4.87. The van der Waals surface area contributed by atoms with Gasteiger partial charge in [-0.3, -0.25) is 9.78 Å². The van der Waals surface area contributed by atoms with Gasteiger partial charge in [0.1, 0.15) is 0 Å². The number of aryl methyl sites for hydroxylation is 1. The molecule has 1 aromatic heterocycles. The number of nitrogens with one attached hydrogen (secondary N) is 1. The van der Waals surface area contributed by atoms with Crippen LogP contribution in [-0.2, 0) is 11.2 Å². The number of nitrogens with zero attached hydrogens (tertiary/aromatic N) is 1. The van der Waals surface area contributed by atoms with E-state index < -0.39 is 0 Å². The van der Waals surface area contributed by atoms with E-state index in [1.165, 1.54) is 0 Å². The van der Waals surface area contributed by atoms with E-state index in [4.69, 9.17) is 5.11 Å². The van der Waals surface area contributed by atoms with Crippen molar-refractivity contribution in [2.45, 2.75) is 39.7 Å². The predicted octanol–water partition coefficient (Wildman–Crippen LogP) is 1.46. The molecule has 0 fully saturated rings. The standard InChI is InChI=1S/C14H22N2O2/c1-10(2)12(6-8-17)16-14(18)9-13-11(3)5-4-7-15-13/h4-5,7,10,12,17H,6,8-9H2,1-3H3,(H,16,18). The molecule has 0 aliphatic rings. The van der Waals surface area contributed by atoms with E-state index in [0.717, 1.165) is 11.3 Å². The zero-order chi connectivity index (χ0) is 13.5. The van der Waals surface area contributed by atoms with E-state index in [9.17, 15) is 4.79 Å². The van der Waals surface area contributed by atoms with Crippen molar-refractivity contribution in [2.75, 3.05) is 6.61 Å². The van der Waals surface area contributed by atoms with Gasteiger partial charge in [0, 0.05) is 18.8 Å². The summed E-state index contributed by atoms with van der Waals surface area (Å²) in [7, 11) is 0. The molecule has 0 aliphatic carbocycles. The highest BCUT2D eigenvalue weighted by Crippen LogP contribution is 2.08. The van der Waals surface area contributed by atoms with E-state index in [1.807, 2.05) is 32.9 Å². The van der Waals surface area contributed by atoms with Crippen LogP contribution in [0.1, 0.15) is 31.5 Å². The lowest BCUT2D eigenvalue weighted by atomic mass is 10.0. The van der Waals surface area contributed by atoms with Crippen LogP contribution in [0, 0.1) is 12.8 Å². The summed E-state index contributed by atoms with van der Waals surface area (Å²) in [4.78, 5) is 16.1. The van der Waals surface area contributed by atoms with Gasteiger partial charge in [-0.2, -0.15) is 0 Å². The molecule has 4 heteroatoms. The van der Waals surface area contributed by atoms with Gasteiger partial charge in [0.25, 0.3) is 0 Å². The molecule has 0 saturated heterocycles. The van der Waals surface area contributed by atoms with Crippen LogP contribution in [0.2, 0.25) is 0 Å². The van der Waals surface area contributed by atoms with Crippen molar-refractivity contribution in [1.29, 1.82) is 0 Å². The maximum Gasteiger partial charge on any atom is 0.226 e. The largest absolute Gasteiger partial charge is 0.396 e. The Hall–Kier alpha value is -1.42. The first kappa shape index (κ1) is 14.6. The summed E-state index contributed by atoms with van der Waals surface area (Å²) in [6.07, 6.45) is 2.58. The van der Waals surface area contributed by atoms with Crippen molar-refractivity contribution >= 4 is 5.91 Å². The van der Waals surface area contributed by atoms with Gasteiger partial charge in [0.2, 0.25) is 5.91 Å². The average molecular weight is 250 g/mol. The van der Waals surface area contributed by atoms with Gasteiger partial charge >= 0.3 is 0 Å². The molecule has 0 spiro atoms. The molecule has 0 radical (unpaired) electrons. The van der Waals surface area contributed by atoms with Crippen LogP contribution < -0.4 is 5.32 Å². The number of carbonyl (C=O) groups is 1. The number of aromatic nitrogens is 1. The van der Waals surface area contributed by atoms with Crippen LogP contribution in [-0.4, -0.2) is 28.6 Å². The molecule has 0 aromatic carbocycles. The van der Waals surface area contributed by atoms with E-state index in [0.29, 0.717) is 18.8 Å². The fourth-order valence-corrected chi connectivity index (χ4v) is 1.82. The first-order valence-corrected chi connectivity index (χ1v) is 6.35. The van der Waals surface area contributed by atoms with Crippen molar-refractivity contribution in [3.8, 4) is 0 Å². The Labute approximate surface area is 108 Å². The van der Waals surface area contributed by atoms with Crippen molar-refractivity contribution < 1.29 is 9.90 Å². The molecule has 1 unspecified atom stereocenters. The average Bonchev–Trinajstić information content (AvgIpc) is 2.31. The third kappa shape index (κ3) is 4.45. The summed E-state index contributed by atoms with van der Waals surface area (Å²) >= 11 is 0. The molecule has 100 valence electrons. The molecule has 1 atom stereocenters. The summed E-state index contributed by atoms with van der Waals surface area (Å²) in [6.45, 7) is 6.11. The zero-order valence-electron chi connectivity index (χ0n) is 11.3. The summed E-state index contributed by atoms with van der Waals surface area (Å²) < 4.78 is 0. The monoisotopic (exact) mass is 250 g/mol. The molecule has 1 amide bonds. The van der Waals surface area contributed by atoms with Gasteiger partial charge in [-0.05, 0) is 30.9 Å². The highest BCUT2D eigenvalue weighted by Gasteiger charge is 2.16. The normalized spacial score (nSPS) is 12.5. The lowest BCUT2D eigenvalue weighted by Crippen LogP contribution is -2.40. The Morgan fingerprint density at radius 2 is 2.22 bits per heavy atom. The van der Waals surface area contributed by atoms with Crippen LogP contribution in [0.15, 0.2) is 18.3 Å². The lowest BCUT2D eigenvalue weighted by Gasteiger charge is -2.21. The smallest absolute Gasteiger partial charge is 0.226 e. The van der Waals surface area contributed by atoms with Crippen LogP contribution in [0.5, 0.6) is 0 Å². The molecule has 1 aromatic rings. The number of amides is 1. The summed E-state index contributed by atoms with van der Waals surface area (Å²) in [6, 6.07) is 3.83. The predicted molar refractivity (Wildman–Crippen MR) is 71.1 cm³/mol. The molecule has 0 saturated carbocycles. The quantitative estimate of drug-likeness (QED) is 0.803. The summed E-state index contributed by atoms with van der Waals surface area (Å²) in [5.74, 6) is 0.273. The van der Waals surface area contributed by atoms with Gasteiger partial charge in [-0.25, -0.2) is 0 Å². The number of aliphatic hydroxyl groups excluding tert-OH is 1. The fraction of sp³-hybridized carbons (Fsp3) is 0.571. The molecule has 0 aliphatic heterocycles. The van der Waals surface area contributed by atoms with Crippen molar-refractivity contribution in [2.24, 2.45) is 5.92 Å². The number of aliphatic hydroxyl groups is 1. The Morgan fingerprint density at radius 1 is 1.50 bits per heavy atom. The maximum absolute atomic E-state index is 11.9. The molecular formula is C14H22N2O2. The molecule has 0 bridgehead atoms. The second-order valence-electron chi connectivity index (χ2n) is 4.87. The van der Waals surface area contributed by atoms with Gasteiger partial charge in [-0.1, -0.05) is 19.9 Å². The number of hydrogen-bond donors (Lipinski definition) is 2. The molecule has 4 nitrogen and oxygen atoms in total. The van der Waals surface area contributed by atoms with Crippen LogP contribution in [0.3, 0.4) is 0 Å². The van der Waals surface area contributed by atoms with Gasteiger partial charge in [0.15, 0.2) is 0 Å². The van der Waals surface area contributed by atoms with Crippen molar-refractivity contribution in [3.05, 3.63) is 29.6 Å². The molecular weight excluding hydrogens is 228 g/mol. The van der Waals surface area contributed by atoms with Crippen LogP contribution >= 0.6 is 0 Å². The Bertz CT molecular complexity index is 391. The summed E-state index contributed by atoms with van der Waals surface area (Å²) in [5.41, 5.74) is 1.83. The van der Waals surface area contributed by atoms with E-state index in [2.05, 4.69) is 10.3 Å². The number of carbonyl (C=O) groups excluding carboxylic acids is 1. The number of pyridine rings is 1. The van der Waals surface area contributed by atoms with E-state index >= 15 is 0 Å². The minimum Gasteiger partial charge on any atom is -0.396 e. The maximum atomic E-state index is 11.9. The SMILES string of the molecule is Cc1cccnc1CC(=O)NC(CCO)C(C)C. The van der Waals surface area contributed by atoms with E-state index in [-0.39, 0.29) is 18.6 Å². The highest BCUT2D eigenvalue weighted by atomic mass is 16.3. The minimum absolute atomic E-state index is 0.0199.